The molecule has 0 spiro atoms. The zero-order valence-electron chi connectivity index (χ0n) is 8.36. The maximum atomic E-state index is 11.1. The minimum atomic E-state index is 0.149. The molecular weight excluding hydrogens is 168 g/mol. The molecule has 1 aliphatic rings. The molecule has 1 N–H and O–H groups in total. The van der Waals surface area contributed by atoms with Gasteiger partial charge in [0.15, 0.2) is 0 Å². The minimum absolute atomic E-state index is 0.149. The Balaban J connectivity index is 2.42. The summed E-state index contributed by atoms with van der Waals surface area (Å²) in [6, 6.07) is 0.276. The van der Waals surface area contributed by atoms with E-state index in [-0.39, 0.29) is 18.6 Å². The van der Waals surface area contributed by atoms with Crippen molar-refractivity contribution >= 4 is 5.91 Å². The van der Waals surface area contributed by atoms with Crippen LogP contribution in [0.4, 0.5) is 0 Å². The van der Waals surface area contributed by atoms with Gasteiger partial charge in [0, 0.05) is 39.1 Å². The first-order valence-electron chi connectivity index (χ1n) is 4.75. The molecule has 13 heavy (non-hydrogen) atoms. The van der Waals surface area contributed by atoms with Gasteiger partial charge in [-0.05, 0) is 6.92 Å². The molecular formula is C9H18N2O2. The van der Waals surface area contributed by atoms with Crippen molar-refractivity contribution in [3.05, 3.63) is 0 Å². The Morgan fingerprint density at radius 3 is 2.69 bits per heavy atom. The van der Waals surface area contributed by atoms with E-state index in [2.05, 4.69) is 4.90 Å². The minimum Gasteiger partial charge on any atom is -0.395 e. The van der Waals surface area contributed by atoms with E-state index in [1.807, 2.05) is 11.8 Å². The maximum absolute atomic E-state index is 11.1. The molecule has 1 unspecified atom stereocenters. The van der Waals surface area contributed by atoms with Gasteiger partial charge in [-0.25, -0.2) is 0 Å². The lowest BCUT2D eigenvalue weighted by Crippen LogP contribution is -2.53. The second-order valence-electron chi connectivity index (χ2n) is 3.59. The maximum Gasteiger partial charge on any atom is 0.219 e. The molecule has 4 heteroatoms. The van der Waals surface area contributed by atoms with Gasteiger partial charge in [-0.2, -0.15) is 0 Å². The van der Waals surface area contributed by atoms with E-state index in [0.29, 0.717) is 0 Å². The number of β-amino-alcohol motifs (C(OH)–C–C–N with tert-alkyl or cyclic N) is 1. The lowest BCUT2D eigenvalue weighted by Gasteiger charge is -2.39. The highest BCUT2D eigenvalue weighted by molar-refractivity contribution is 5.73. The molecule has 76 valence electrons. The molecule has 0 aromatic rings. The quantitative estimate of drug-likeness (QED) is 0.634. The smallest absolute Gasteiger partial charge is 0.219 e. The molecule has 0 aliphatic carbocycles. The number of carbonyl (C=O) groups excluding carboxylic acids is 1. The number of rotatable bonds is 2. The van der Waals surface area contributed by atoms with Crippen molar-refractivity contribution in [2.24, 2.45) is 0 Å². The Morgan fingerprint density at radius 2 is 2.23 bits per heavy atom. The van der Waals surface area contributed by atoms with E-state index in [0.717, 1.165) is 26.2 Å². The van der Waals surface area contributed by atoms with Crippen molar-refractivity contribution in [2.75, 3.05) is 32.8 Å². The largest absolute Gasteiger partial charge is 0.395 e. The topological polar surface area (TPSA) is 43.8 Å². The van der Waals surface area contributed by atoms with Crippen LogP contribution in [0.1, 0.15) is 13.8 Å². The van der Waals surface area contributed by atoms with Crippen LogP contribution in [0.3, 0.4) is 0 Å². The van der Waals surface area contributed by atoms with Crippen LogP contribution in [0.2, 0.25) is 0 Å². The third-order valence-corrected chi connectivity index (χ3v) is 2.53. The fourth-order valence-electron chi connectivity index (χ4n) is 1.85. The lowest BCUT2D eigenvalue weighted by molar-refractivity contribution is -0.133. The number of aliphatic hydroxyl groups excluding tert-OH is 1. The molecule has 0 saturated carbocycles. The van der Waals surface area contributed by atoms with Crippen molar-refractivity contribution in [1.82, 2.24) is 9.80 Å². The molecule has 1 heterocycles. The van der Waals surface area contributed by atoms with Crippen LogP contribution in [0.15, 0.2) is 0 Å². The first kappa shape index (κ1) is 10.5. The van der Waals surface area contributed by atoms with Crippen LogP contribution in [-0.4, -0.2) is 59.6 Å². The number of piperazine rings is 1. The molecule has 0 aromatic heterocycles. The zero-order valence-corrected chi connectivity index (χ0v) is 8.36. The molecule has 1 amide bonds. The summed E-state index contributed by atoms with van der Waals surface area (Å²) in [5.41, 5.74) is 0. The van der Waals surface area contributed by atoms with Gasteiger partial charge < -0.3 is 10.0 Å². The second-order valence-corrected chi connectivity index (χ2v) is 3.59. The predicted molar refractivity (Wildman–Crippen MR) is 50.4 cm³/mol. The first-order chi connectivity index (χ1) is 6.15. The Labute approximate surface area is 79.1 Å². The number of carbonyl (C=O) groups is 1. The monoisotopic (exact) mass is 186 g/mol. The summed E-state index contributed by atoms with van der Waals surface area (Å²) in [5, 5.41) is 8.76. The molecule has 1 rings (SSSR count). The van der Waals surface area contributed by atoms with Crippen LogP contribution < -0.4 is 0 Å². The van der Waals surface area contributed by atoms with E-state index in [9.17, 15) is 4.79 Å². The number of aliphatic hydroxyl groups is 1. The molecule has 1 saturated heterocycles. The Hall–Kier alpha value is -0.610. The predicted octanol–water partition coefficient (Wildman–Crippen LogP) is -0.469. The van der Waals surface area contributed by atoms with Crippen LogP contribution in [0.5, 0.6) is 0 Å². The first-order valence-corrected chi connectivity index (χ1v) is 4.75. The Bertz CT molecular complexity index is 184. The Morgan fingerprint density at radius 1 is 1.54 bits per heavy atom. The number of hydrogen-bond acceptors (Lipinski definition) is 3. The highest BCUT2D eigenvalue weighted by Gasteiger charge is 2.24. The summed E-state index contributed by atoms with van der Waals surface area (Å²) in [7, 11) is 0. The zero-order chi connectivity index (χ0) is 9.84. The van der Waals surface area contributed by atoms with Crippen molar-refractivity contribution in [3.63, 3.8) is 0 Å². The summed E-state index contributed by atoms with van der Waals surface area (Å²) >= 11 is 0. The van der Waals surface area contributed by atoms with E-state index >= 15 is 0 Å². The number of nitrogens with zero attached hydrogens (tertiary/aromatic N) is 2. The fraction of sp³-hybridized carbons (Fsp3) is 0.889. The van der Waals surface area contributed by atoms with Gasteiger partial charge >= 0.3 is 0 Å². The second kappa shape index (κ2) is 4.58. The van der Waals surface area contributed by atoms with Gasteiger partial charge in [-0.15, -0.1) is 0 Å². The normalized spacial score (nSPS) is 24.8. The van der Waals surface area contributed by atoms with Crippen LogP contribution >= 0.6 is 0 Å². The van der Waals surface area contributed by atoms with Gasteiger partial charge in [0.1, 0.15) is 0 Å². The number of amides is 1. The molecule has 1 atom stereocenters. The van der Waals surface area contributed by atoms with Gasteiger partial charge in [-0.1, -0.05) is 0 Å². The average molecular weight is 186 g/mol. The molecule has 1 aliphatic heterocycles. The lowest BCUT2D eigenvalue weighted by atomic mass is 10.2. The van der Waals surface area contributed by atoms with Crippen molar-refractivity contribution in [1.29, 1.82) is 0 Å². The highest BCUT2D eigenvalue weighted by Crippen LogP contribution is 2.08. The average Bonchev–Trinajstić information content (AvgIpc) is 2.04. The van der Waals surface area contributed by atoms with E-state index in [4.69, 9.17) is 5.11 Å². The molecule has 0 radical (unpaired) electrons. The third kappa shape index (κ3) is 2.67. The summed E-state index contributed by atoms with van der Waals surface area (Å²) in [5.74, 6) is 0.149. The van der Waals surface area contributed by atoms with Crippen molar-refractivity contribution < 1.29 is 9.90 Å². The van der Waals surface area contributed by atoms with E-state index in [1.165, 1.54) is 0 Å². The third-order valence-electron chi connectivity index (χ3n) is 2.53. The van der Waals surface area contributed by atoms with Crippen molar-refractivity contribution in [3.8, 4) is 0 Å². The van der Waals surface area contributed by atoms with E-state index < -0.39 is 0 Å². The van der Waals surface area contributed by atoms with Gasteiger partial charge in [0.05, 0.1) is 6.61 Å². The van der Waals surface area contributed by atoms with Crippen LogP contribution in [0, 0.1) is 0 Å². The number of hydrogen-bond donors (Lipinski definition) is 1. The summed E-state index contributed by atoms with van der Waals surface area (Å²) in [6.07, 6.45) is 0. The van der Waals surface area contributed by atoms with Gasteiger partial charge in [-0.3, -0.25) is 9.69 Å². The summed E-state index contributed by atoms with van der Waals surface area (Å²) < 4.78 is 0. The fourth-order valence-corrected chi connectivity index (χ4v) is 1.85. The molecule has 0 bridgehead atoms. The van der Waals surface area contributed by atoms with Crippen molar-refractivity contribution in [2.45, 2.75) is 19.9 Å². The van der Waals surface area contributed by atoms with Crippen LogP contribution in [0.25, 0.3) is 0 Å². The van der Waals surface area contributed by atoms with Crippen LogP contribution in [-0.2, 0) is 4.79 Å². The van der Waals surface area contributed by atoms with Gasteiger partial charge in [0.25, 0.3) is 0 Å². The molecule has 4 nitrogen and oxygen atoms in total. The summed E-state index contributed by atoms with van der Waals surface area (Å²) in [6.45, 7) is 7.12. The molecule has 0 aromatic carbocycles. The van der Waals surface area contributed by atoms with Gasteiger partial charge in [0.2, 0.25) is 5.91 Å². The van der Waals surface area contributed by atoms with E-state index in [1.54, 1.807) is 6.92 Å². The SMILES string of the molecule is CC(=O)N1CCN(CCO)CC1C. The molecule has 1 fully saturated rings. The Kier molecular flexibility index (Phi) is 3.69. The summed E-state index contributed by atoms with van der Waals surface area (Å²) in [4.78, 5) is 15.2. The standard InChI is InChI=1S/C9H18N2O2/c1-8-7-10(5-6-12)3-4-11(8)9(2)13/h8,12H,3-7H2,1-2H3. The highest BCUT2D eigenvalue weighted by atomic mass is 16.3.